The van der Waals surface area contributed by atoms with Gasteiger partial charge in [-0.05, 0) is 25.1 Å². The molecule has 0 spiro atoms. The van der Waals surface area contributed by atoms with Crippen LogP contribution in [0.1, 0.15) is 18.2 Å². The Morgan fingerprint density at radius 1 is 1.11 bits per heavy atom. The van der Waals surface area contributed by atoms with Crippen molar-refractivity contribution in [3.05, 3.63) is 59.9 Å². The van der Waals surface area contributed by atoms with Gasteiger partial charge in [-0.3, -0.25) is 4.98 Å². The van der Waals surface area contributed by atoms with Gasteiger partial charge in [0.05, 0.1) is 6.54 Å². The molecule has 0 aliphatic carbocycles. The van der Waals surface area contributed by atoms with Gasteiger partial charge in [-0.1, -0.05) is 24.3 Å². The van der Waals surface area contributed by atoms with Crippen molar-refractivity contribution in [1.29, 1.82) is 0 Å². The molecule has 0 radical (unpaired) electrons. The second kappa shape index (κ2) is 11.6. The Hall–Kier alpha value is -2.04. The first-order chi connectivity index (χ1) is 12.5. The van der Waals surface area contributed by atoms with Crippen LogP contribution in [0.15, 0.2) is 53.7 Å². The highest BCUT2D eigenvalue weighted by Gasteiger charge is 2.31. The Morgan fingerprint density at radius 2 is 1.85 bits per heavy atom. The zero-order valence-corrected chi connectivity index (χ0v) is 17.1. The van der Waals surface area contributed by atoms with Crippen LogP contribution in [0.2, 0.25) is 0 Å². The molecule has 0 fully saturated rings. The smallest absolute Gasteiger partial charge is 0.405 e. The number of hydrogen-bond donors (Lipinski definition) is 2. The minimum Gasteiger partial charge on any atom is -0.405 e. The highest BCUT2D eigenvalue weighted by molar-refractivity contribution is 14.0. The molecular formula is C18H22F3IN4O. The maximum atomic E-state index is 12.5. The molecule has 1 aromatic heterocycles. The number of aliphatic imine (C=N–C) groups is 1. The third kappa shape index (κ3) is 8.94. The summed E-state index contributed by atoms with van der Waals surface area (Å²) in [6.07, 6.45) is -2.30. The number of hydrogen-bond acceptors (Lipinski definition) is 3. The summed E-state index contributed by atoms with van der Waals surface area (Å²) >= 11 is 0. The number of nitrogens with zero attached hydrogens (tertiary/aromatic N) is 2. The Labute approximate surface area is 173 Å². The van der Waals surface area contributed by atoms with Crippen LogP contribution in [0.5, 0.6) is 5.75 Å². The van der Waals surface area contributed by atoms with E-state index in [4.69, 9.17) is 0 Å². The molecule has 0 unspecified atom stereocenters. The Bertz CT molecular complexity index is 711. The third-order valence-electron chi connectivity index (χ3n) is 3.35. The third-order valence-corrected chi connectivity index (χ3v) is 3.35. The van der Waals surface area contributed by atoms with Crippen LogP contribution in [0.3, 0.4) is 0 Å². The maximum Gasteiger partial charge on any atom is 0.573 e. The normalized spacial score (nSPS) is 11.5. The first kappa shape index (κ1) is 23.0. The molecule has 148 valence electrons. The van der Waals surface area contributed by atoms with Gasteiger partial charge in [0.1, 0.15) is 5.75 Å². The van der Waals surface area contributed by atoms with Gasteiger partial charge in [-0.2, -0.15) is 0 Å². The van der Waals surface area contributed by atoms with E-state index in [2.05, 4.69) is 25.3 Å². The van der Waals surface area contributed by atoms with Gasteiger partial charge in [0.25, 0.3) is 0 Å². The van der Waals surface area contributed by atoms with E-state index in [1.165, 1.54) is 12.1 Å². The molecule has 27 heavy (non-hydrogen) atoms. The predicted molar refractivity (Wildman–Crippen MR) is 109 cm³/mol. The fraction of sp³-hybridized carbons (Fsp3) is 0.333. The van der Waals surface area contributed by atoms with E-state index >= 15 is 0 Å². The number of pyridine rings is 1. The van der Waals surface area contributed by atoms with Crippen LogP contribution < -0.4 is 15.4 Å². The van der Waals surface area contributed by atoms with Crippen molar-refractivity contribution in [2.45, 2.75) is 26.3 Å². The monoisotopic (exact) mass is 494 g/mol. The van der Waals surface area contributed by atoms with Gasteiger partial charge in [-0.15, -0.1) is 37.1 Å². The standard InChI is InChI=1S/C18H21F3N4O.HI/c1-2-22-17(24-12-10-15-8-5-6-11-23-15)25-13-14-7-3-4-9-16(14)26-18(19,20)21;/h3-9,11H,2,10,12-13H2,1H3,(H2,22,24,25);1H. The lowest BCUT2D eigenvalue weighted by Crippen LogP contribution is -2.38. The summed E-state index contributed by atoms with van der Waals surface area (Å²) in [5, 5.41) is 6.21. The molecule has 5 nitrogen and oxygen atoms in total. The minimum atomic E-state index is -4.73. The lowest BCUT2D eigenvalue weighted by atomic mass is 10.2. The average Bonchev–Trinajstić information content (AvgIpc) is 2.60. The lowest BCUT2D eigenvalue weighted by molar-refractivity contribution is -0.274. The Morgan fingerprint density at radius 3 is 2.52 bits per heavy atom. The summed E-state index contributed by atoms with van der Waals surface area (Å²) < 4.78 is 41.5. The van der Waals surface area contributed by atoms with Crippen molar-refractivity contribution in [1.82, 2.24) is 15.6 Å². The number of para-hydroxylation sites is 1. The summed E-state index contributed by atoms with van der Waals surface area (Å²) in [5.74, 6) is 0.276. The number of benzene rings is 1. The molecule has 0 atom stereocenters. The van der Waals surface area contributed by atoms with Gasteiger partial charge in [0.15, 0.2) is 5.96 Å². The molecule has 0 aliphatic rings. The van der Waals surface area contributed by atoms with E-state index in [0.717, 1.165) is 5.69 Å². The number of aromatic nitrogens is 1. The molecule has 0 saturated heterocycles. The number of nitrogens with one attached hydrogen (secondary N) is 2. The maximum absolute atomic E-state index is 12.5. The van der Waals surface area contributed by atoms with E-state index in [1.54, 1.807) is 18.3 Å². The topological polar surface area (TPSA) is 58.5 Å². The summed E-state index contributed by atoms with van der Waals surface area (Å²) in [5.41, 5.74) is 1.30. The SMILES string of the molecule is CCNC(=NCc1ccccc1OC(F)(F)F)NCCc1ccccn1.I. The number of rotatable bonds is 7. The molecule has 0 amide bonds. The fourth-order valence-electron chi connectivity index (χ4n) is 2.22. The first-order valence-corrected chi connectivity index (χ1v) is 8.23. The highest BCUT2D eigenvalue weighted by Crippen LogP contribution is 2.26. The van der Waals surface area contributed by atoms with Crippen LogP contribution >= 0.6 is 24.0 Å². The minimum absolute atomic E-state index is 0. The van der Waals surface area contributed by atoms with E-state index in [-0.39, 0.29) is 36.3 Å². The van der Waals surface area contributed by atoms with Crippen molar-refractivity contribution in [2.75, 3.05) is 13.1 Å². The second-order valence-corrected chi connectivity index (χ2v) is 5.35. The van der Waals surface area contributed by atoms with E-state index in [1.807, 2.05) is 25.1 Å². The largest absolute Gasteiger partial charge is 0.573 e. The molecule has 2 N–H and O–H groups in total. The fourth-order valence-corrected chi connectivity index (χ4v) is 2.22. The van der Waals surface area contributed by atoms with Gasteiger partial charge in [-0.25, -0.2) is 4.99 Å². The Kier molecular flexibility index (Phi) is 9.90. The summed E-state index contributed by atoms with van der Waals surface area (Å²) in [6, 6.07) is 11.7. The second-order valence-electron chi connectivity index (χ2n) is 5.35. The zero-order valence-electron chi connectivity index (χ0n) is 14.8. The van der Waals surface area contributed by atoms with Gasteiger partial charge >= 0.3 is 6.36 Å². The van der Waals surface area contributed by atoms with E-state index in [9.17, 15) is 13.2 Å². The van der Waals surface area contributed by atoms with E-state index < -0.39 is 6.36 Å². The van der Waals surface area contributed by atoms with Gasteiger partial charge < -0.3 is 15.4 Å². The molecule has 0 bridgehead atoms. The Balaban J connectivity index is 0.00000364. The molecule has 2 aromatic rings. The van der Waals surface area contributed by atoms with Crippen LogP contribution in [0.25, 0.3) is 0 Å². The average molecular weight is 494 g/mol. The van der Waals surface area contributed by atoms with Crippen molar-refractivity contribution >= 4 is 29.9 Å². The van der Waals surface area contributed by atoms with Crippen molar-refractivity contribution < 1.29 is 17.9 Å². The van der Waals surface area contributed by atoms with Crippen LogP contribution in [0, 0.1) is 0 Å². The number of alkyl halides is 3. The molecular weight excluding hydrogens is 472 g/mol. The number of ether oxygens (including phenoxy) is 1. The summed E-state index contributed by atoms with van der Waals surface area (Å²) in [6.45, 7) is 3.21. The molecule has 1 aromatic carbocycles. The van der Waals surface area contributed by atoms with Gasteiger partial charge in [0.2, 0.25) is 0 Å². The number of guanidine groups is 1. The molecule has 0 saturated carbocycles. The molecule has 9 heteroatoms. The van der Waals surface area contributed by atoms with Crippen LogP contribution in [-0.2, 0) is 13.0 Å². The first-order valence-electron chi connectivity index (χ1n) is 8.23. The number of halogens is 4. The van der Waals surface area contributed by atoms with Crippen molar-refractivity contribution in [3.8, 4) is 5.75 Å². The quantitative estimate of drug-likeness (QED) is 0.349. The van der Waals surface area contributed by atoms with Gasteiger partial charge in [0, 0.05) is 37.0 Å². The molecule has 0 aliphatic heterocycles. The van der Waals surface area contributed by atoms with E-state index in [0.29, 0.717) is 31.0 Å². The molecule has 1 heterocycles. The molecule has 2 rings (SSSR count). The van der Waals surface area contributed by atoms with Crippen molar-refractivity contribution in [2.24, 2.45) is 4.99 Å². The zero-order chi connectivity index (χ0) is 18.8. The summed E-state index contributed by atoms with van der Waals surface area (Å²) in [7, 11) is 0. The lowest BCUT2D eigenvalue weighted by Gasteiger charge is -2.14. The summed E-state index contributed by atoms with van der Waals surface area (Å²) in [4.78, 5) is 8.57. The van der Waals surface area contributed by atoms with Crippen molar-refractivity contribution in [3.63, 3.8) is 0 Å². The predicted octanol–water partition coefficient (Wildman–Crippen LogP) is 3.90. The van der Waals surface area contributed by atoms with Crippen LogP contribution in [-0.4, -0.2) is 30.4 Å². The van der Waals surface area contributed by atoms with Crippen LogP contribution in [0.4, 0.5) is 13.2 Å². The highest BCUT2D eigenvalue weighted by atomic mass is 127.